The van der Waals surface area contributed by atoms with Gasteiger partial charge in [-0.1, -0.05) is 119 Å². The summed E-state index contributed by atoms with van der Waals surface area (Å²) in [7, 11) is 0. The molecule has 2 nitrogen and oxygen atoms in total. The van der Waals surface area contributed by atoms with E-state index in [4.69, 9.17) is 4.42 Å². The van der Waals surface area contributed by atoms with Crippen LogP contribution in [0.5, 0.6) is 0 Å². The van der Waals surface area contributed by atoms with Crippen molar-refractivity contribution in [2.45, 2.75) is 38.5 Å². The summed E-state index contributed by atoms with van der Waals surface area (Å²) in [5.74, 6) is 0. The van der Waals surface area contributed by atoms with E-state index in [1.807, 2.05) is 0 Å². The zero-order valence-corrected chi connectivity index (χ0v) is 28.6. The summed E-state index contributed by atoms with van der Waals surface area (Å²) in [6, 6.07) is 51.8. The molecule has 7 aromatic carbocycles. The maximum Gasteiger partial charge on any atom is 0.135 e. The van der Waals surface area contributed by atoms with Crippen molar-refractivity contribution in [3.8, 4) is 39.1 Å². The Hall–Kier alpha value is -5.86. The molecule has 0 N–H and O–H groups in total. The van der Waals surface area contributed by atoms with Crippen molar-refractivity contribution in [2.75, 3.05) is 0 Å². The average Bonchev–Trinajstić information content (AvgIpc) is 3.82. The van der Waals surface area contributed by atoms with Gasteiger partial charge in [0, 0.05) is 38.1 Å². The normalized spacial score (nSPS) is 15.1. The lowest BCUT2D eigenvalue weighted by Gasteiger charge is -2.23. The number of hydrogen-bond acceptors (Lipinski definition) is 1. The summed E-state index contributed by atoms with van der Waals surface area (Å²) in [5, 5.41) is 4.97. The van der Waals surface area contributed by atoms with Crippen LogP contribution in [0.1, 0.15) is 49.9 Å². The highest BCUT2D eigenvalue weighted by atomic mass is 16.3. The largest absolute Gasteiger partial charge is 0.456 e. The Balaban J connectivity index is 1.07. The molecule has 0 spiro atoms. The first-order valence-corrected chi connectivity index (χ1v) is 17.7. The van der Waals surface area contributed by atoms with Crippen LogP contribution in [0.25, 0.3) is 82.8 Å². The van der Waals surface area contributed by atoms with Crippen LogP contribution in [0, 0.1) is 0 Å². The molecule has 0 radical (unpaired) electrons. The van der Waals surface area contributed by atoms with Gasteiger partial charge < -0.3 is 8.98 Å². The molecule has 0 amide bonds. The Morgan fingerprint density at radius 1 is 0.440 bits per heavy atom. The molecule has 0 saturated heterocycles. The van der Waals surface area contributed by atoms with Gasteiger partial charge in [0.2, 0.25) is 0 Å². The van der Waals surface area contributed by atoms with E-state index in [9.17, 15) is 0 Å². The molecule has 0 saturated carbocycles. The van der Waals surface area contributed by atoms with Gasteiger partial charge >= 0.3 is 0 Å². The Bertz CT molecular complexity index is 2930. The Morgan fingerprint density at radius 3 is 1.98 bits per heavy atom. The standard InChI is InChI=1S/C48H35NO/c1-47(2)38-14-8-5-11-31(38)32-20-17-29(26-39(32)47)28-18-23-42-37(25-28)34-12-6-9-15-41(34)49(42)30-19-21-33-35-22-24-44-45(36-13-7-10-16-43(36)50-44)46(35)48(3,4)40(33)27-30/h5-27H,1-4H3. The van der Waals surface area contributed by atoms with Crippen molar-refractivity contribution in [1.82, 2.24) is 4.57 Å². The zero-order chi connectivity index (χ0) is 33.5. The van der Waals surface area contributed by atoms with Gasteiger partial charge in [-0.15, -0.1) is 0 Å². The molecule has 50 heavy (non-hydrogen) atoms. The van der Waals surface area contributed by atoms with Crippen LogP contribution in [0.3, 0.4) is 0 Å². The molecular weight excluding hydrogens is 607 g/mol. The third-order valence-corrected chi connectivity index (χ3v) is 12.0. The lowest BCUT2D eigenvalue weighted by atomic mass is 9.80. The van der Waals surface area contributed by atoms with Gasteiger partial charge in [0.05, 0.1) is 11.0 Å². The number of rotatable bonds is 2. The van der Waals surface area contributed by atoms with E-state index in [0.717, 1.165) is 11.2 Å². The molecule has 9 aromatic rings. The molecule has 2 aliphatic rings. The Labute approximate surface area is 291 Å². The van der Waals surface area contributed by atoms with E-state index < -0.39 is 0 Å². The fraction of sp³-hybridized carbons (Fsp3) is 0.125. The van der Waals surface area contributed by atoms with E-state index in [0.29, 0.717) is 0 Å². The molecule has 11 rings (SSSR count). The monoisotopic (exact) mass is 641 g/mol. The highest BCUT2D eigenvalue weighted by Crippen LogP contribution is 2.54. The summed E-state index contributed by atoms with van der Waals surface area (Å²) in [4.78, 5) is 0. The minimum absolute atomic E-state index is 0.0282. The minimum atomic E-state index is -0.195. The Morgan fingerprint density at radius 2 is 1.08 bits per heavy atom. The van der Waals surface area contributed by atoms with Gasteiger partial charge in [-0.2, -0.15) is 0 Å². The molecule has 0 unspecified atom stereocenters. The number of aromatic nitrogens is 1. The number of fused-ring (bicyclic) bond motifs is 13. The molecule has 2 heterocycles. The number of furan rings is 1. The summed E-state index contributed by atoms with van der Waals surface area (Å²) in [6.07, 6.45) is 0. The smallest absolute Gasteiger partial charge is 0.135 e. The van der Waals surface area contributed by atoms with Crippen molar-refractivity contribution >= 4 is 43.7 Å². The molecule has 0 fully saturated rings. The van der Waals surface area contributed by atoms with Crippen LogP contribution < -0.4 is 0 Å². The minimum Gasteiger partial charge on any atom is -0.456 e. The van der Waals surface area contributed by atoms with Crippen LogP contribution in [0.15, 0.2) is 144 Å². The first-order valence-electron chi connectivity index (χ1n) is 17.7. The van der Waals surface area contributed by atoms with Gasteiger partial charge in [-0.05, 0) is 104 Å². The van der Waals surface area contributed by atoms with Gasteiger partial charge in [0.1, 0.15) is 11.2 Å². The number of para-hydroxylation sites is 2. The summed E-state index contributed by atoms with van der Waals surface area (Å²) >= 11 is 0. The SMILES string of the molecule is CC1(C)c2ccccc2-c2ccc(-c3ccc4c(c3)c3ccccc3n4-c3ccc4c(c3)C(C)(C)c3c-4ccc4oc5ccccc5c34)cc21. The Kier molecular flexibility index (Phi) is 5.28. The van der Waals surface area contributed by atoms with Crippen LogP contribution in [-0.2, 0) is 10.8 Å². The molecule has 2 heteroatoms. The van der Waals surface area contributed by atoms with E-state index in [1.54, 1.807) is 0 Å². The third kappa shape index (κ3) is 3.48. The van der Waals surface area contributed by atoms with E-state index in [2.05, 4.69) is 172 Å². The predicted molar refractivity (Wildman–Crippen MR) is 209 cm³/mol. The van der Waals surface area contributed by atoms with Crippen molar-refractivity contribution < 1.29 is 4.42 Å². The summed E-state index contributed by atoms with van der Waals surface area (Å²) in [5.41, 5.74) is 18.7. The second-order valence-electron chi connectivity index (χ2n) is 15.3. The van der Waals surface area contributed by atoms with Gasteiger partial charge in [0.25, 0.3) is 0 Å². The highest BCUT2D eigenvalue weighted by Gasteiger charge is 2.39. The second-order valence-corrected chi connectivity index (χ2v) is 15.3. The van der Waals surface area contributed by atoms with Crippen LogP contribution in [0.4, 0.5) is 0 Å². The van der Waals surface area contributed by atoms with Gasteiger partial charge in [0.15, 0.2) is 0 Å². The van der Waals surface area contributed by atoms with E-state index >= 15 is 0 Å². The average molecular weight is 642 g/mol. The quantitative estimate of drug-likeness (QED) is 0.184. The molecule has 238 valence electrons. The fourth-order valence-electron chi connectivity index (χ4n) is 9.56. The van der Waals surface area contributed by atoms with Crippen molar-refractivity contribution in [3.63, 3.8) is 0 Å². The van der Waals surface area contributed by atoms with Crippen molar-refractivity contribution in [2.24, 2.45) is 0 Å². The molecule has 2 aromatic heterocycles. The van der Waals surface area contributed by atoms with Crippen molar-refractivity contribution in [1.29, 1.82) is 0 Å². The van der Waals surface area contributed by atoms with Crippen LogP contribution >= 0.6 is 0 Å². The number of hydrogen-bond donors (Lipinski definition) is 0. The maximum atomic E-state index is 6.33. The predicted octanol–water partition coefficient (Wildman–Crippen LogP) is 13.0. The third-order valence-electron chi connectivity index (χ3n) is 12.0. The second kappa shape index (κ2) is 9.43. The molecular formula is C48H35NO. The van der Waals surface area contributed by atoms with Gasteiger partial charge in [-0.25, -0.2) is 0 Å². The van der Waals surface area contributed by atoms with Crippen LogP contribution in [-0.4, -0.2) is 4.57 Å². The topological polar surface area (TPSA) is 18.1 Å². The highest BCUT2D eigenvalue weighted by molar-refractivity contribution is 6.12. The molecule has 0 atom stereocenters. The first-order chi connectivity index (χ1) is 24.3. The molecule has 0 aliphatic heterocycles. The number of nitrogens with zero attached hydrogens (tertiary/aromatic N) is 1. The maximum absolute atomic E-state index is 6.33. The molecule has 2 aliphatic carbocycles. The summed E-state index contributed by atoms with van der Waals surface area (Å²) < 4.78 is 8.79. The van der Waals surface area contributed by atoms with Crippen molar-refractivity contribution in [3.05, 3.63) is 162 Å². The van der Waals surface area contributed by atoms with Gasteiger partial charge in [-0.3, -0.25) is 0 Å². The molecule has 0 bridgehead atoms. The number of benzene rings is 7. The lowest BCUT2D eigenvalue weighted by Crippen LogP contribution is -2.15. The zero-order valence-electron chi connectivity index (χ0n) is 28.6. The lowest BCUT2D eigenvalue weighted by molar-refractivity contribution is 0.656. The first kappa shape index (κ1) is 28.0. The van der Waals surface area contributed by atoms with E-state index in [1.165, 1.54) is 93.9 Å². The fourth-order valence-corrected chi connectivity index (χ4v) is 9.56. The van der Waals surface area contributed by atoms with Crippen LogP contribution in [0.2, 0.25) is 0 Å². The summed E-state index contributed by atoms with van der Waals surface area (Å²) in [6.45, 7) is 9.46. The van der Waals surface area contributed by atoms with E-state index in [-0.39, 0.29) is 10.8 Å².